The third-order valence-electron chi connectivity index (χ3n) is 3.99. The van der Waals surface area contributed by atoms with E-state index >= 15 is 0 Å². The van der Waals surface area contributed by atoms with Gasteiger partial charge in [0.05, 0.1) is 29.0 Å². The molecule has 32 heavy (non-hydrogen) atoms. The molecule has 11 heteroatoms. The molecular formula is C21H14Cl2F3N3O3. The van der Waals surface area contributed by atoms with Crippen LogP contribution in [0.15, 0.2) is 64.0 Å². The third kappa shape index (κ3) is 6.35. The van der Waals surface area contributed by atoms with Crippen molar-refractivity contribution in [2.24, 2.45) is 4.99 Å². The second-order valence-electron chi connectivity index (χ2n) is 6.37. The van der Waals surface area contributed by atoms with E-state index in [1.165, 1.54) is 30.5 Å². The molecule has 6 nitrogen and oxygen atoms in total. The SMILES string of the molecule is O=C(NCc1ccc(C=Nc2ccc(Cl)c(C(F)(F)F)c2)o1)C(=O)Nc1cccc(Cl)c1. The highest BCUT2D eigenvalue weighted by molar-refractivity contribution is 6.39. The van der Waals surface area contributed by atoms with Crippen molar-refractivity contribution >= 4 is 52.6 Å². The van der Waals surface area contributed by atoms with Gasteiger partial charge in [0.25, 0.3) is 0 Å². The van der Waals surface area contributed by atoms with Crippen molar-refractivity contribution in [2.75, 3.05) is 5.32 Å². The van der Waals surface area contributed by atoms with Gasteiger partial charge in [-0.05, 0) is 48.5 Å². The molecule has 0 saturated carbocycles. The van der Waals surface area contributed by atoms with Gasteiger partial charge in [-0.3, -0.25) is 14.6 Å². The second-order valence-corrected chi connectivity index (χ2v) is 7.21. The highest BCUT2D eigenvalue weighted by atomic mass is 35.5. The molecule has 166 valence electrons. The molecule has 1 aromatic heterocycles. The number of nitrogens with zero attached hydrogens (tertiary/aromatic N) is 1. The maximum absolute atomic E-state index is 12.9. The van der Waals surface area contributed by atoms with Crippen LogP contribution in [0.3, 0.4) is 0 Å². The number of amides is 2. The lowest BCUT2D eigenvalue weighted by molar-refractivity contribution is -0.137. The molecule has 2 amide bonds. The van der Waals surface area contributed by atoms with Crippen LogP contribution in [-0.4, -0.2) is 18.0 Å². The van der Waals surface area contributed by atoms with Gasteiger partial charge < -0.3 is 15.1 Å². The van der Waals surface area contributed by atoms with E-state index in [9.17, 15) is 22.8 Å². The number of hydrogen-bond donors (Lipinski definition) is 2. The fourth-order valence-electron chi connectivity index (χ4n) is 2.51. The monoisotopic (exact) mass is 483 g/mol. The summed E-state index contributed by atoms with van der Waals surface area (Å²) in [7, 11) is 0. The molecule has 0 bridgehead atoms. The largest absolute Gasteiger partial charge is 0.458 e. The zero-order valence-corrected chi connectivity index (χ0v) is 17.6. The molecule has 0 fully saturated rings. The van der Waals surface area contributed by atoms with Gasteiger partial charge in [-0.25, -0.2) is 0 Å². The average molecular weight is 484 g/mol. The van der Waals surface area contributed by atoms with E-state index in [0.29, 0.717) is 16.5 Å². The van der Waals surface area contributed by atoms with E-state index in [-0.39, 0.29) is 18.0 Å². The van der Waals surface area contributed by atoms with E-state index in [1.807, 2.05) is 0 Å². The first kappa shape index (κ1) is 23.4. The van der Waals surface area contributed by atoms with Crippen molar-refractivity contribution in [3.8, 4) is 0 Å². The minimum absolute atomic E-state index is 0.0330. The van der Waals surface area contributed by atoms with Crippen LogP contribution in [0.2, 0.25) is 10.0 Å². The Labute approximate surface area is 190 Å². The Balaban J connectivity index is 1.57. The molecule has 0 saturated heterocycles. The number of rotatable bonds is 5. The van der Waals surface area contributed by atoms with Gasteiger partial charge >= 0.3 is 18.0 Å². The van der Waals surface area contributed by atoms with Crippen LogP contribution >= 0.6 is 23.2 Å². The third-order valence-corrected chi connectivity index (χ3v) is 4.56. The van der Waals surface area contributed by atoms with Crippen LogP contribution in [0.4, 0.5) is 24.5 Å². The Morgan fingerprint density at radius 1 is 1.03 bits per heavy atom. The zero-order chi connectivity index (χ0) is 23.3. The molecule has 3 rings (SSSR count). The van der Waals surface area contributed by atoms with Crippen molar-refractivity contribution in [2.45, 2.75) is 12.7 Å². The van der Waals surface area contributed by atoms with E-state index < -0.39 is 28.6 Å². The molecule has 0 unspecified atom stereocenters. The maximum atomic E-state index is 12.9. The van der Waals surface area contributed by atoms with Gasteiger partial charge in [0.2, 0.25) is 0 Å². The van der Waals surface area contributed by atoms with Gasteiger partial charge in [-0.2, -0.15) is 13.2 Å². The lowest BCUT2D eigenvalue weighted by Gasteiger charge is -2.08. The number of carbonyl (C=O) groups excluding carboxylic acids is 2. The molecular weight excluding hydrogens is 470 g/mol. The van der Waals surface area contributed by atoms with E-state index in [0.717, 1.165) is 12.1 Å². The summed E-state index contributed by atoms with van der Waals surface area (Å²) in [6.45, 7) is -0.0885. The predicted molar refractivity (Wildman–Crippen MR) is 114 cm³/mol. The van der Waals surface area contributed by atoms with Gasteiger partial charge in [0.15, 0.2) is 0 Å². The van der Waals surface area contributed by atoms with Gasteiger partial charge in [-0.15, -0.1) is 0 Å². The number of hydrogen-bond acceptors (Lipinski definition) is 4. The number of nitrogens with one attached hydrogen (secondary N) is 2. The van der Waals surface area contributed by atoms with E-state index in [1.54, 1.807) is 18.2 Å². The summed E-state index contributed by atoms with van der Waals surface area (Å²) < 4.78 is 44.2. The minimum atomic E-state index is -4.60. The summed E-state index contributed by atoms with van der Waals surface area (Å²) in [5, 5.41) is 4.77. The number of furan rings is 1. The number of alkyl halides is 3. The van der Waals surface area contributed by atoms with Crippen molar-refractivity contribution < 1.29 is 27.2 Å². The van der Waals surface area contributed by atoms with Crippen LogP contribution in [0.25, 0.3) is 0 Å². The van der Waals surface area contributed by atoms with Crippen molar-refractivity contribution in [3.63, 3.8) is 0 Å². The summed E-state index contributed by atoms with van der Waals surface area (Å²) in [5.74, 6) is -1.23. The number of carbonyl (C=O) groups is 2. The highest BCUT2D eigenvalue weighted by Crippen LogP contribution is 2.36. The Kier molecular flexibility index (Phi) is 7.22. The van der Waals surface area contributed by atoms with Gasteiger partial charge in [-0.1, -0.05) is 29.3 Å². The summed E-state index contributed by atoms with van der Waals surface area (Å²) >= 11 is 11.4. The Morgan fingerprint density at radius 3 is 2.53 bits per heavy atom. The molecule has 0 atom stereocenters. The molecule has 0 spiro atoms. The quantitative estimate of drug-likeness (QED) is 0.365. The van der Waals surface area contributed by atoms with Crippen LogP contribution in [0.5, 0.6) is 0 Å². The number of halogens is 5. The number of anilines is 1. The molecule has 0 radical (unpaired) electrons. The average Bonchev–Trinajstić information content (AvgIpc) is 3.18. The van der Waals surface area contributed by atoms with Gasteiger partial charge in [0.1, 0.15) is 11.5 Å². The molecule has 0 aliphatic heterocycles. The highest BCUT2D eigenvalue weighted by Gasteiger charge is 2.33. The second kappa shape index (κ2) is 9.88. The molecule has 0 aliphatic rings. The predicted octanol–water partition coefficient (Wildman–Crippen LogP) is 5.61. The van der Waals surface area contributed by atoms with Crippen LogP contribution in [0, 0.1) is 0 Å². The molecule has 2 N–H and O–H groups in total. The minimum Gasteiger partial charge on any atom is -0.458 e. The van der Waals surface area contributed by atoms with E-state index in [4.69, 9.17) is 27.6 Å². The van der Waals surface area contributed by atoms with Crippen molar-refractivity contribution in [1.82, 2.24) is 5.32 Å². The molecule has 1 heterocycles. The standard InChI is InChI=1S/C21H14Cl2F3N3O3/c22-12-2-1-3-14(8-12)29-20(31)19(30)28-11-16-6-5-15(32-16)10-27-13-4-7-18(23)17(9-13)21(24,25)26/h1-10H,11H2,(H,28,30)(H,29,31). The smallest absolute Gasteiger partial charge is 0.417 e. The first-order valence-corrected chi connectivity index (χ1v) is 9.72. The van der Waals surface area contributed by atoms with E-state index in [2.05, 4.69) is 15.6 Å². The Hall–Kier alpha value is -3.30. The first-order valence-electron chi connectivity index (χ1n) is 8.96. The summed E-state index contributed by atoms with van der Waals surface area (Å²) in [6.07, 6.45) is -3.38. The lowest BCUT2D eigenvalue weighted by Crippen LogP contribution is -2.34. The van der Waals surface area contributed by atoms with Crippen molar-refractivity contribution in [1.29, 1.82) is 0 Å². The molecule has 3 aromatic rings. The fourth-order valence-corrected chi connectivity index (χ4v) is 2.92. The summed E-state index contributed by atoms with van der Waals surface area (Å²) in [5.41, 5.74) is -0.594. The maximum Gasteiger partial charge on any atom is 0.417 e. The first-order chi connectivity index (χ1) is 15.1. The lowest BCUT2D eigenvalue weighted by atomic mass is 10.2. The van der Waals surface area contributed by atoms with Crippen LogP contribution < -0.4 is 10.6 Å². The summed E-state index contributed by atoms with van der Waals surface area (Å²) in [4.78, 5) is 27.8. The molecule has 0 aliphatic carbocycles. The Morgan fingerprint density at radius 2 is 1.81 bits per heavy atom. The molecule has 2 aromatic carbocycles. The number of benzene rings is 2. The normalized spacial score (nSPS) is 11.5. The topological polar surface area (TPSA) is 83.7 Å². The summed E-state index contributed by atoms with van der Waals surface area (Å²) in [6, 6.07) is 12.6. The Bertz CT molecular complexity index is 1180. The fraction of sp³-hybridized carbons (Fsp3) is 0.0952. The van der Waals surface area contributed by atoms with Gasteiger partial charge in [0, 0.05) is 10.7 Å². The van der Waals surface area contributed by atoms with Crippen LogP contribution in [-0.2, 0) is 22.3 Å². The zero-order valence-electron chi connectivity index (χ0n) is 16.0. The van der Waals surface area contributed by atoms with Crippen LogP contribution in [0.1, 0.15) is 17.1 Å². The number of aliphatic imine (C=N–C) groups is 1. The van der Waals surface area contributed by atoms with Crippen molar-refractivity contribution in [3.05, 3.63) is 81.7 Å².